The second kappa shape index (κ2) is 5.35. The van der Waals surface area contributed by atoms with Gasteiger partial charge in [0, 0.05) is 25.4 Å². The van der Waals surface area contributed by atoms with E-state index in [9.17, 15) is 0 Å². The molecule has 0 aromatic rings. The van der Waals surface area contributed by atoms with E-state index in [-0.39, 0.29) is 5.54 Å². The van der Waals surface area contributed by atoms with Crippen molar-refractivity contribution < 1.29 is 4.74 Å². The van der Waals surface area contributed by atoms with Gasteiger partial charge in [-0.15, -0.1) is 0 Å². The SMILES string of the molecule is COCC(C)(CN)N(C)C1CCSC1. The maximum absolute atomic E-state index is 5.83. The van der Waals surface area contributed by atoms with Crippen molar-refractivity contribution in [2.45, 2.75) is 24.9 Å². The van der Waals surface area contributed by atoms with Crippen molar-refractivity contribution in [3.8, 4) is 0 Å². The van der Waals surface area contributed by atoms with Crippen molar-refractivity contribution >= 4 is 11.8 Å². The molecule has 0 aromatic heterocycles. The van der Waals surface area contributed by atoms with Gasteiger partial charge < -0.3 is 10.5 Å². The lowest BCUT2D eigenvalue weighted by Crippen LogP contribution is -2.56. The average Bonchev–Trinajstić information content (AvgIpc) is 2.69. The van der Waals surface area contributed by atoms with E-state index in [1.807, 2.05) is 11.8 Å². The van der Waals surface area contributed by atoms with Gasteiger partial charge in [0.25, 0.3) is 0 Å². The van der Waals surface area contributed by atoms with Crippen molar-refractivity contribution in [3.05, 3.63) is 0 Å². The Labute approximate surface area is 91.4 Å². The molecular formula is C10H22N2OS. The van der Waals surface area contributed by atoms with Crippen molar-refractivity contribution in [3.63, 3.8) is 0 Å². The molecule has 0 amide bonds. The predicted octanol–water partition coefficient (Wildman–Crippen LogP) is 0.788. The molecule has 0 aromatic carbocycles. The van der Waals surface area contributed by atoms with Gasteiger partial charge in [-0.2, -0.15) is 11.8 Å². The van der Waals surface area contributed by atoms with E-state index < -0.39 is 0 Å². The van der Waals surface area contributed by atoms with Gasteiger partial charge in [0.15, 0.2) is 0 Å². The van der Waals surface area contributed by atoms with Gasteiger partial charge in [-0.1, -0.05) is 0 Å². The van der Waals surface area contributed by atoms with Gasteiger partial charge in [-0.25, -0.2) is 0 Å². The fourth-order valence-electron chi connectivity index (χ4n) is 1.88. The lowest BCUT2D eigenvalue weighted by molar-refractivity contribution is 0.0237. The fraction of sp³-hybridized carbons (Fsp3) is 1.00. The highest BCUT2D eigenvalue weighted by molar-refractivity contribution is 7.99. The summed E-state index contributed by atoms with van der Waals surface area (Å²) in [7, 11) is 3.91. The number of nitrogens with two attached hydrogens (primary N) is 1. The number of rotatable bonds is 5. The normalized spacial score (nSPS) is 26.8. The zero-order valence-electron chi connectivity index (χ0n) is 9.45. The van der Waals surface area contributed by atoms with Gasteiger partial charge in [0.2, 0.25) is 0 Å². The van der Waals surface area contributed by atoms with Gasteiger partial charge in [-0.05, 0) is 26.1 Å². The predicted molar refractivity (Wildman–Crippen MR) is 62.8 cm³/mol. The molecule has 0 bridgehead atoms. The summed E-state index contributed by atoms with van der Waals surface area (Å²) in [5.74, 6) is 2.51. The van der Waals surface area contributed by atoms with Crippen LogP contribution in [0.2, 0.25) is 0 Å². The summed E-state index contributed by atoms with van der Waals surface area (Å²) in [4.78, 5) is 2.40. The first-order valence-corrected chi connectivity index (χ1v) is 6.29. The number of methoxy groups -OCH3 is 1. The summed E-state index contributed by atoms with van der Waals surface area (Å²) in [6.07, 6.45) is 1.28. The number of thioether (sulfide) groups is 1. The minimum atomic E-state index is -0.00961. The van der Waals surface area contributed by atoms with Crippen LogP contribution in [0.1, 0.15) is 13.3 Å². The minimum absolute atomic E-state index is 0.00961. The molecule has 84 valence electrons. The lowest BCUT2D eigenvalue weighted by Gasteiger charge is -2.41. The van der Waals surface area contributed by atoms with E-state index in [4.69, 9.17) is 10.5 Å². The monoisotopic (exact) mass is 218 g/mol. The number of hydrogen-bond acceptors (Lipinski definition) is 4. The fourth-order valence-corrected chi connectivity index (χ4v) is 3.15. The standard InChI is InChI=1S/C10H22N2OS/c1-10(7-11,8-13-3)12(2)9-4-5-14-6-9/h9H,4-8,11H2,1-3H3. The van der Waals surface area contributed by atoms with E-state index in [0.717, 1.165) is 0 Å². The highest BCUT2D eigenvalue weighted by atomic mass is 32.2. The molecule has 14 heavy (non-hydrogen) atoms. The summed E-state index contributed by atoms with van der Waals surface area (Å²) < 4.78 is 5.25. The molecule has 1 aliphatic heterocycles. The van der Waals surface area contributed by atoms with E-state index in [1.54, 1.807) is 7.11 Å². The molecule has 1 fully saturated rings. The van der Waals surface area contributed by atoms with Crippen LogP contribution in [0.4, 0.5) is 0 Å². The van der Waals surface area contributed by atoms with Crippen LogP contribution in [0, 0.1) is 0 Å². The van der Waals surface area contributed by atoms with Crippen molar-refractivity contribution in [1.82, 2.24) is 4.90 Å². The van der Waals surface area contributed by atoms with Crippen molar-refractivity contribution in [2.75, 3.05) is 38.8 Å². The Kier molecular flexibility index (Phi) is 4.70. The van der Waals surface area contributed by atoms with Gasteiger partial charge in [0.1, 0.15) is 0 Å². The first-order valence-electron chi connectivity index (χ1n) is 5.14. The van der Waals surface area contributed by atoms with Crippen LogP contribution < -0.4 is 5.73 Å². The van der Waals surface area contributed by atoms with Crippen LogP contribution in [0.15, 0.2) is 0 Å². The number of hydrogen-bond donors (Lipinski definition) is 1. The van der Waals surface area contributed by atoms with Crippen LogP contribution in [-0.4, -0.2) is 55.3 Å². The highest BCUT2D eigenvalue weighted by Gasteiger charge is 2.34. The van der Waals surface area contributed by atoms with E-state index in [2.05, 4.69) is 18.9 Å². The molecule has 2 unspecified atom stereocenters. The smallest absolute Gasteiger partial charge is 0.0656 e. The molecule has 1 aliphatic rings. The zero-order chi connectivity index (χ0) is 10.6. The second-order valence-electron chi connectivity index (χ2n) is 4.26. The van der Waals surface area contributed by atoms with Crippen molar-refractivity contribution in [2.24, 2.45) is 5.73 Å². The maximum Gasteiger partial charge on any atom is 0.0656 e. The third kappa shape index (κ3) is 2.63. The molecule has 0 spiro atoms. The molecule has 4 heteroatoms. The Morgan fingerprint density at radius 1 is 1.64 bits per heavy atom. The topological polar surface area (TPSA) is 38.5 Å². The van der Waals surface area contributed by atoms with Gasteiger partial charge >= 0.3 is 0 Å². The van der Waals surface area contributed by atoms with Crippen LogP contribution in [0.5, 0.6) is 0 Å². The quantitative estimate of drug-likeness (QED) is 0.740. The molecule has 1 rings (SSSR count). The Morgan fingerprint density at radius 2 is 2.36 bits per heavy atom. The third-order valence-electron chi connectivity index (χ3n) is 3.20. The number of nitrogens with zero attached hydrogens (tertiary/aromatic N) is 1. The Hall–Kier alpha value is 0.230. The van der Waals surface area contributed by atoms with E-state index >= 15 is 0 Å². The molecule has 1 heterocycles. The van der Waals surface area contributed by atoms with Gasteiger partial charge in [0.05, 0.1) is 12.1 Å². The summed E-state index contributed by atoms with van der Waals surface area (Å²) in [5.41, 5.74) is 5.82. The minimum Gasteiger partial charge on any atom is -0.383 e. The van der Waals surface area contributed by atoms with E-state index in [1.165, 1.54) is 17.9 Å². The Balaban J connectivity index is 2.57. The largest absolute Gasteiger partial charge is 0.383 e. The first kappa shape index (κ1) is 12.3. The van der Waals surface area contributed by atoms with Gasteiger partial charge in [-0.3, -0.25) is 4.90 Å². The molecular weight excluding hydrogens is 196 g/mol. The summed E-state index contributed by atoms with van der Waals surface area (Å²) in [6, 6.07) is 0.670. The highest BCUT2D eigenvalue weighted by Crippen LogP contribution is 2.26. The summed E-state index contributed by atoms with van der Waals surface area (Å²) >= 11 is 2.03. The molecule has 0 saturated carbocycles. The van der Waals surface area contributed by atoms with Crippen LogP contribution in [-0.2, 0) is 4.74 Å². The van der Waals surface area contributed by atoms with Crippen LogP contribution in [0.25, 0.3) is 0 Å². The second-order valence-corrected chi connectivity index (χ2v) is 5.41. The average molecular weight is 218 g/mol. The van der Waals surface area contributed by atoms with E-state index in [0.29, 0.717) is 19.2 Å². The molecule has 3 nitrogen and oxygen atoms in total. The zero-order valence-corrected chi connectivity index (χ0v) is 10.3. The molecule has 1 saturated heterocycles. The Bertz CT molecular complexity index is 174. The molecule has 2 N–H and O–H groups in total. The van der Waals surface area contributed by atoms with Crippen molar-refractivity contribution in [1.29, 1.82) is 0 Å². The van der Waals surface area contributed by atoms with Crippen LogP contribution >= 0.6 is 11.8 Å². The molecule has 2 atom stereocenters. The number of likely N-dealkylation sites (N-methyl/N-ethyl adjacent to an activating group) is 1. The summed E-state index contributed by atoms with van der Waals surface area (Å²) in [5, 5.41) is 0. The maximum atomic E-state index is 5.83. The lowest BCUT2D eigenvalue weighted by atomic mass is 9.99. The molecule has 0 aliphatic carbocycles. The Morgan fingerprint density at radius 3 is 2.79 bits per heavy atom. The first-order chi connectivity index (χ1) is 6.64. The third-order valence-corrected chi connectivity index (χ3v) is 4.34. The number of ether oxygens (including phenoxy) is 1. The van der Waals surface area contributed by atoms with Crippen LogP contribution in [0.3, 0.4) is 0 Å². The summed E-state index contributed by atoms with van der Waals surface area (Å²) in [6.45, 7) is 3.54. The molecule has 0 radical (unpaired) electrons.